The number of hydrogen-bond donors (Lipinski definition) is 1. The Bertz CT molecular complexity index is 180. The highest BCUT2D eigenvalue weighted by atomic mass is 32.2. The van der Waals surface area contributed by atoms with Gasteiger partial charge in [-0.05, 0) is 26.7 Å². The van der Waals surface area contributed by atoms with Gasteiger partial charge in [0.25, 0.3) is 0 Å². The third-order valence-electron chi connectivity index (χ3n) is 2.95. The van der Waals surface area contributed by atoms with Crippen LogP contribution < -0.4 is 5.73 Å². The van der Waals surface area contributed by atoms with Gasteiger partial charge in [0.05, 0.1) is 0 Å². The molecule has 0 spiro atoms. The highest BCUT2D eigenvalue weighted by Crippen LogP contribution is 2.29. The molecule has 0 aromatic carbocycles. The van der Waals surface area contributed by atoms with Gasteiger partial charge in [0.15, 0.2) is 0 Å². The summed E-state index contributed by atoms with van der Waals surface area (Å²) in [6, 6.07) is 0.313. The maximum atomic E-state index is 5.89. The Labute approximate surface area is 92.6 Å². The van der Waals surface area contributed by atoms with E-state index < -0.39 is 0 Å². The summed E-state index contributed by atoms with van der Waals surface area (Å²) in [5.74, 6) is 1.87. The molecule has 1 aliphatic rings. The van der Waals surface area contributed by atoms with E-state index in [0.29, 0.717) is 16.7 Å². The highest BCUT2D eigenvalue weighted by molar-refractivity contribution is 8.00. The van der Waals surface area contributed by atoms with E-state index in [1.54, 1.807) is 0 Å². The van der Waals surface area contributed by atoms with E-state index in [1.165, 1.54) is 18.8 Å². The van der Waals surface area contributed by atoms with Crippen molar-refractivity contribution in [2.24, 2.45) is 11.7 Å². The van der Waals surface area contributed by atoms with E-state index in [0.717, 1.165) is 6.54 Å². The molecule has 2 atom stereocenters. The average molecular weight is 216 g/mol. The first-order valence-corrected chi connectivity index (χ1v) is 6.51. The molecule has 1 fully saturated rings. The summed E-state index contributed by atoms with van der Waals surface area (Å²) < 4.78 is 0.426. The minimum atomic E-state index is 0.313. The molecular formula is C11H24N2S. The van der Waals surface area contributed by atoms with Gasteiger partial charge in [0.2, 0.25) is 0 Å². The van der Waals surface area contributed by atoms with Gasteiger partial charge in [-0.25, -0.2) is 0 Å². The van der Waals surface area contributed by atoms with Crippen LogP contribution in [0.5, 0.6) is 0 Å². The van der Waals surface area contributed by atoms with E-state index >= 15 is 0 Å². The maximum Gasteiger partial charge on any atom is 0.0231 e. The monoisotopic (exact) mass is 216 g/mol. The molecular weight excluding hydrogens is 192 g/mol. The zero-order valence-electron chi connectivity index (χ0n) is 9.92. The number of nitrogens with two attached hydrogens (primary N) is 1. The molecule has 1 saturated heterocycles. The SMILES string of the molecule is CC(N)C(C)CN1CCSC(C)(C)C1. The molecule has 84 valence electrons. The number of hydrogen-bond acceptors (Lipinski definition) is 3. The Hall–Kier alpha value is 0.270. The quantitative estimate of drug-likeness (QED) is 0.780. The largest absolute Gasteiger partial charge is 0.328 e. The Kier molecular flexibility index (Phi) is 4.29. The van der Waals surface area contributed by atoms with E-state index in [4.69, 9.17) is 5.73 Å². The Morgan fingerprint density at radius 3 is 2.57 bits per heavy atom. The molecule has 0 bridgehead atoms. The van der Waals surface area contributed by atoms with E-state index in [2.05, 4.69) is 44.4 Å². The molecule has 0 aromatic rings. The summed E-state index contributed by atoms with van der Waals surface area (Å²) in [7, 11) is 0. The topological polar surface area (TPSA) is 29.3 Å². The molecule has 2 N–H and O–H groups in total. The molecule has 2 unspecified atom stereocenters. The smallest absolute Gasteiger partial charge is 0.0231 e. The molecule has 0 saturated carbocycles. The minimum absolute atomic E-state index is 0.313. The van der Waals surface area contributed by atoms with Crippen LogP contribution in [0.15, 0.2) is 0 Å². The fourth-order valence-electron chi connectivity index (χ4n) is 1.84. The van der Waals surface area contributed by atoms with Gasteiger partial charge in [-0.15, -0.1) is 0 Å². The van der Waals surface area contributed by atoms with Crippen molar-refractivity contribution < 1.29 is 0 Å². The predicted molar refractivity (Wildman–Crippen MR) is 65.8 cm³/mol. The number of nitrogens with zero attached hydrogens (tertiary/aromatic N) is 1. The van der Waals surface area contributed by atoms with Gasteiger partial charge in [-0.3, -0.25) is 0 Å². The Morgan fingerprint density at radius 1 is 1.43 bits per heavy atom. The lowest BCUT2D eigenvalue weighted by molar-refractivity contribution is 0.216. The third-order valence-corrected chi connectivity index (χ3v) is 4.25. The average Bonchev–Trinajstić information content (AvgIpc) is 2.01. The zero-order valence-corrected chi connectivity index (χ0v) is 10.7. The molecule has 0 aliphatic carbocycles. The van der Waals surface area contributed by atoms with Gasteiger partial charge >= 0.3 is 0 Å². The Morgan fingerprint density at radius 2 is 2.07 bits per heavy atom. The first-order valence-electron chi connectivity index (χ1n) is 5.52. The summed E-state index contributed by atoms with van der Waals surface area (Å²) in [6.45, 7) is 12.6. The van der Waals surface area contributed by atoms with Gasteiger partial charge in [-0.2, -0.15) is 11.8 Å². The van der Waals surface area contributed by atoms with Crippen molar-refractivity contribution in [3.05, 3.63) is 0 Å². The highest BCUT2D eigenvalue weighted by Gasteiger charge is 2.27. The molecule has 2 nitrogen and oxygen atoms in total. The van der Waals surface area contributed by atoms with Crippen LogP contribution in [0.3, 0.4) is 0 Å². The molecule has 0 amide bonds. The van der Waals surface area contributed by atoms with Crippen molar-refractivity contribution in [1.29, 1.82) is 0 Å². The lowest BCUT2D eigenvalue weighted by Gasteiger charge is -2.39. The molecule has 3 heteroatoms. The van der Waals surface area contributed by atoms with Crippen molar-refractivity contribution in [1.82, 2.24) is 4.90 Å². The molecule has 1 rings (SSSR count). The maximum absolute atomic E-state index is 5.89. The number of thioether (sulfide) groups is 1. The Balaban J connectivity index is 2.38. The summed E-state index contributed by atoms with van der Waals surface area (Å²) in [5.41, 5.74) is 5.89. The van der Waals surface area contributed by atoms with E-state index in [-0.39, 0.29) is 0 Å². The lowest BCUT2D eigenvalue weighted by atomic mass is 10.0. The van der Waals surface area contributed by atoms with Crippen LogP contribution >= 0.6 is 11.8 Å². The van der Waals surface area contributed by atoms with Crippen LogP contribution in [0.1, 0.15) is 27.7 Å². The standard InChI is InChI=1S/C11H24N2S/c1-9(10(2)12)7-13-5-6-14-11(3,4)8-13/h9-10H,5-8,12H2,1-4H3. The minimum Gasteiger partial charge on any atom is -0.328 e. The summed E-state index contributed by atoms with van der Waals surface area (Å²) in [4.78, 5) is 2.56. The van der Waals surface area contributed by atoms with Crippen LogP contribution in [-0.4, -0.2) is 41.1 Å². The summed E-state index contributed by atoms with van der Waals surface area (Å²) in [5, 5.41) is 0. The van der Waals surface area contributed by atoms with Gasteiger partial charge in [0, 0.05) is 36.2 Å². The fraction of sp³-hybridized carbons (Fsp3) is 1.00. The second-order valence-electron chi connectivity index (χ2n) is 5.18. The molecule has 14 heavy (non-hydrogen) atoms. The summed E-state index contributed by atoms with van der Waals surface area (Å²) >= 11 is 2.09. The van der Waals surface area contributed by atoms with Gasteiger partial charge in [0.1, 0.15) is 0 Å². The van der Waals surface area contributed by atoms with E-state index in [1.807, 2.05) is 0 Å². The molecule has 0 aromatic heterocycles. The second-order valence-corrected chi connectivity index (χ2v) is 6.98. The van der Waals surface area contributed by atoms with Crippen molar-refractivity contribution in [2.75, 3.05) is 25.4 Å². The predicted octanol–water partition coefficient (Wildman–Crippen LogP) is 1.80. The molecule has 1 aliphatic heterocycles. The third kappa shape index (κ3) is 3.79. The van der Waals surface area contributed by atoms with Crippen LogP contribution in [0, 0.1) is 5.92 Å². The zero-order chi connectivity index (χ0) is 10.8. The first kappa shape index (κ1) is 12.3. The van der Waals surface area contributed by atoms with Crippen LogP contribution in [0.2, 0.25) is 0 Å². The van der Waals surface area contributed by atoms with Crippen molar-refractivity contribution in [2.45, 2.75) is 38.5 Å². The van der Waals surface area contributed by atoms with Crippen LogP contribution in [0.4, 0.5) is 0 Å². The van der Waals surface area contributed by atoms with Crippen molar-refractivity contribution in [3.8, 4) is 0 Å². The lowest BCUT2D eigenvalue weighted by Crippen LogP contribution is -2.46. The summed E-state index contributed by atoms with van der Waals surface area (Å²) in [6.07, 6.45) is 0. The van der Waals surface area contributed by atoms with Gasteiger partial charge < -0.3 is 10.6 Å². The van der Waals surface area contributed by atoms with E-state index in [9.17, 15) is 0 Å². The number of rotatable bonds is 3. The van der Waals surface area contributed by atoms with Crippen LogP contribution in [-0.2, 0) is 0 Å². The van der Waals surface area contributed by atoms with Crippen molar-refractivity contribution in [3.63, 3.8) is 0 Å². The first-order chi connectivity index (χ1) is 6.41. The fourth-order valence-corrected chi connectivity index (χ4v) is 3.02. The molecule has 0 radical (unpaired) electrons. The van der Waals surface area contributed by atoms with Crippen LogP contribution in [0.25, 0.3) is 0 Å². The van der Waals surface area contributed by atoms with Crippen molar-refractivity contribution >= 4 is 11.8 Å². The van der Waals surface area contributed by atoms with Gasteiger partial charge in [-0.1, -0.05) is 6.92 Å². The normalized spacial score (nSPS) is 27.2. The second kappa shape index (κ2) is 4.86. The molecule has 1 heterocycles.